The summed E-state index contributed by atoms with van der Waals surface area (Å²) in [7, 11) is 0. The quantitative estimate of drug-likeness (QED) is 0.686. The Kier molecular flexibility index (Phi) is 7.37. The number of hydrogen-bond acceptors (Lipinski definition) is 5. The zero-order chi connectivity index (χ0) is 21.1. The van der Waals surface area contributed by atoms with E-state index < -0.39 is 17.6 Å². The Labute approximate surface area is 185 Å². The van der Waals surface area contributed by atoms with Crippen molar-refractivity contribution in [3.8, 4) is 0 Å². The van der Waals surface area contributed by atoms with Crippen LogP contribution in [0.1, 0.15) is 36.6 Å². The van der Waals surface area contributed by atoms with Gasteiger partial charge in [0.05, 0.1) is 30.9 Å². The topological polar surface area (TPSA) is 79.0 Å². The average Bonchev–Trinajstić information content (AvgIpc) is 2.99. The van der Waals surface area contributed by atoms with E-state index >= 15 is 0 Å². The summed E-state index contributed by atoms with van der Waals surface area (Å²) in [5, 5.41) is 2.85. The number of rotatable bonds is 6. The minimum absolute atomic E-state index is 0. The minimum Gasteiger partial charge on any atom is -0.379 e. The predicted octanol–water partition coefficient (Wildman–Crippen LogP) is 2.11. The molecule has 31 heavy (non-hydrogen) atoms. The molecule has 2 aliphatic heterocycles. The van der Waals surface area contributed by atoms with Gasteiger partial charge in [-0.15, -0.1) is 12.4 Å². The Morgan fingerprint density at radius 2 is 1.77 bits per heavy atom. The fraction of sp³-hybridized carbons (Fsp3) is 0.318. The predicted molar refractivity (Wildman–Crippen MR) is 114 cm³/mol. The van der Waals surface area contributed by atoms with Crippen LogP contribution in [0.5, 0.6) is 0 Å². The Morgan fingerprint density at radius 1 is 1.03 bits per heavy atom. The van der Waals surface area contributed by atoms with Crippen molar-refractivity contribution < 1.29 is 23.5 Å². The van der Waals surface area contributed by atoms with Crippen molar-refractivity contribution in [3.63, 3.8) is 0 Å². The van der Waals surface area contributed by atoms with E-state index in [1.807, 2.05) is 0 Å². The lowest BCUT2D eigenvalue weighted by Crippen LogP contribution is -2.41. The zero-order valence-electron chi connectivity index (χ0n) is 16.8. The van der Waals surface area contributed by atoms with E-state index in [1.165, 1.54) is 30.3 Å². The third-order valence-corrected chi connectivity index (χ3v) is 5.28. The highest BCUT2D eigenvalue weighted by Gasteiger charge is 2.36. The fourth-order valence-electron chi connectivity index (χ4n) is 3.65. The van der Waals surface area contributed by atoms with Gasteiger partial charge in [-0.3, -0.25) is 24.2 Å². The Morgan fingerprint density at radius 3 is 2.52 bits per heavy atom. The summed E-state index contributed by atoms with van der Waals surface area (Å²) in [4.78, 5) is 41.1. The standard InChI is InChI=1S/C22H22FN3O4.ClH/c23-17-3-1-2-15(12-17)14-26-21(28)18-5-4-16(13-19(18)22(26)29)20(27)24-6-7-25-8-10-30-11-9-25;/h1-5,12-13H,6-11,14H2,(H,24,27);1H. The van der Waals surface area contributed by atoms with Gasteiger partial charge in [0, 0.05) is 31.7 Å². The second-order valence-corrected chi connectivity index (χ2v) is 7.30. The van der Waals surface area contributed by atoms with Crippen molar-refractivity contribution >= 4 is 30.1 Å². The van der Waals surface area contributed by atoms with Gasteiger partial charge in [0.15, 0.2) is 0 Å². The van der Waals surface area contributed by atoms with Gasteiger partial charge < -0.3 is 10.1 Å². The summed E-state index contributed by atoms with van der Waals surface area (Å²) >= 11 is 0. The highest BCUT2D eigenvalue weighted by Crippen LogP contribution is 2.26. The molecule has 9 heteroatoms. The van der Waals surface area contributed by atoms with Gasteiger partial charge in [-0.25, -0.2) is 4.39 Å². The molecule has 1 saturated heterocycles. The highest BCUT2D eigenvalue weighted by atomic mass is 35.5. The summed E-state index contributed by atoms with van der Waals surface area (Å²) in [6.45, 7) is 4.25. The maximum Gasteiger partial charge on any atom is 0.261 e. The van der Waals surface area contributed by atoms with E-state index in [0.29, 0.717) is 30.9 Å². The van der Waals surface area contributed by atoms with Crippen LogP contribution < -0.4 is 5.32 Å². The molecule has 164 valence electrons. The first-order valence-electron chi connectivity index (χ1n) is 9.86. The monoisotopic (exact) mass is 447 g/mol. The number of ether oxygens (including phenoxy) is 1. The van der Waals surface area contributed by atoms with E-state index in [1.54, 1.807) is 12.1 Å². The normalized spacial score (nSPS) is 16.1. The second-order valence-electron chi connectivity index (χ2n) is 7.30. The number of nitrogens with one attached hydrogen (secondary N) is 1. The number of amides is 3. The molecule has 0 radical (unpaired) electrons. The van der Waals surface area contributed by atoms with E-state index in [2.05, 4.69) is 10.2 Å². The van der Waals surface area contributed by atoms with Gasteiger partial charge in [-0.05, 0) is 35.9 Å². The lowest BCUT2D eigenvalue weighted by atomic mass is 10.1. The number of carbonyl (C=O) groups excluding carboxylic acids is 3. The number of fused-ring (bicyclic) bond motifs is 1. The smallest absolute Gasteiger partial charge is 0.261 e. The summed E-state index contributed by atoms with van der Waals surface area (Å²) in [6.07, 6.45) is 0. The molecule has 3 amide bonds. The number of imide groups is 1. The van der Waals surface area contributed by atoms with E-state index in [0.717, 1.165) is 24.5 Å². The van der Waals surface area contributed by atoms with Gasteiger partial charge in [0.1, 0.15) is 5.82 Å². The molecule has 1 fully saturated rings. The van der Waals surface area contributed by atoms with E-state index in [-0.39, 0.29) is 36.0 Å². The van der Waals surface area contributed by atoms with Crippen molar-refractivity contribution in [1.82, 2.24) is 15.1 Å². The third-order valence-electron chi connectivity index (χ3n) is 5.28. The molecule has 2 aliphatic rings. The number of benzene rings is 2. The van der Waals surface area contributed by atoms with Gasteiger partial charge in [-0.2, -0.15) is 0 Å². The SMILES string of the molecule is Cl.O=C(NCCN1CCOCC1)c1ccc2c(c1)C(=O)N(Cc1cccc(F)c1)C2=O. The van der Waals surface area contributed by atoms with Crippen LogP contribution in [0.15, 0.2) is 42.5 Å². The van der Waals surface area contributed by atoms with E-state index in [4.69, 9.17) is 4.74 Å². The first kappa shape index (κ1) is 22.9. The molecular weight excluding hydrogens is 425 g/mol. The number of nitrogens with zero attached hydrogens (tertiary/aromatic N) is 2. The third kappa shape index (κ3) is 5.10. The molecule has 0 atom stereocenters. The molecule has 1 N–H and O–H groups in total. The van der Waals surface area contributed by atoms with Crippen molar-refractivity contribution in [2.24, 2.45) is 0 Å². The zero-order valence-corrected chi connectivity index (χ0v) is 17.6. The van der Waals surface area contributed by atoms with Crippen LogP contribution in [0.25, 0.3) is 0 Å². The maximum absolute atomic E-state index is 13.4. The van der Waals surface area contributed by atoms with E-state index in [9.17, 15) is 18.8 Å². The van der Waals surface area contributed by atoms with Crippen LogP contribution in [0.3, 0.4) is 0 Å². The molecule has 0 bridgehead atoms. The van der Waals surface area contributed by atoms with Crippen LogP contribution in [-0.2, 0) is 11.3 Å². The Balaban J connectivity index is 0.00000272. The summed E-state index contributed by atoms with van der Waals surface area (Å²) in [5.74, 6) is -1.66. The molecule has 0 aliphatic carbocycles. The summed E-state index contributed by atoms with van der Waals surface area (Å²) < 4.78 is 18.7. The number of halogens is 2. The first-order valence-corrected chi connectivity index (χ1v) is 9.86. The van der Waals surface area contributed by atoms with Gasteiger partial charge in [-0.1, -0.05) is 12.1 Å². The van der Waals surface area contributed by atoms with Crippen molar-refractivity contribution in [2.75, 3.05) is 39.4 Å². The lowest BCUT2D eigenvalue weighted by molar-refractivity contribution is 0.0383. The second kappa shape index (κ2) is 10.00. The molecule has 0 spiro atoms. The summed E-state index contributed by atoms with van der Waals surface area (Å²) in [5.41, 5.74) is 1.29. The number of morpholine rings is 1. The van der Waals surface area contributed by atoms with Crippen LogP contribution in [0, 0.1) is 5.82 Å². The van der Waals surface area contributed by atoms with Crippen molar-refractivity contribution in [1.29, 1.82) is 0 Å². The molecule has 2 aromatic carbocycles. The summed E-state index contributed by atoms with van der Waals surface area (Å²) in [6, 6.07) is 10.3. The maximum atomic E-state index is 13.4. The highest BCUT2D eigenvalue weighted by molar-refractivity contribution is 6.22. The van der Waals surface area contributed by atoms with Crippen molar-refractivity contribution in [2.45, 2.75) is 6.54 Å². The molecule has 2 aromatic rings. The van der Waals surface area contributed by atoms with Gasteiger partial charge >= 0.3 is 0 Å². The van der Waals surface area contributed by atoms with Gasteiger partial charge in [0.25, 0.3) is 17.7 Å². The Bertz CT molecular complexity index is 994. The van der Waals surface area contributed by atoms with Crippen molar-refractivity contribution in [3.05, 3.63) is 70.5 Å². The molecule has 4 rings (SSSR count). The lowest BCUT2D eigenvalue weighted by Gasteiger charge is -2.26. The molecule has 2 heterocycles. The molecule has 7 nitrogen and oxygen atoms in total. The molecule has 0 unspecified atom stereocenters. The minimum atomic E-state index is -0.484. The molecule has 0 aromatic heterocycles. The fourth-order valence-corrected chi connectivity index (χ4v) is 3.65. The average molecular weight is 448 g/mol. The van der Waals surface area contributed by atoms with Crippen LogP contribution in [-0.4, -0.2) is 66.9 Å². The number of hydrogen-bond donors (Lipinski definition) is 1. The largest absolute Gasteiger partial charge is 0.379 e. The van der Waals surface area contributed by atoms with Gasteiger partial charge in [0.2, 0.25) is 0 Å². The Hall–Kier alpha value is -2.81. The first-order chi connectivity index (χ1) is 14.5. The van der Waals surface area contributed by atoms with Crippen LogP contribution in [0.2, 0.25) is 0 Å². The molecule has 0 saturated carbocycles. The molecular formula is C22H23ClFN3O4. The van der Waals surface area contributed by atoms with Crippen LogP contribution in [0.4, 0.5) is 4.39 Å². The van der Waals surface area contributed by atoms with Crippen LogP contribution >= 0.6 is 12.4 Å². The number of carbonyl (C=O) groups is 3.